The maximum atomic E-state index is 14.3. The van der Waals surface area contributed by atoms with Gasteiger partial charge in [-0.2, -0.15) is 0 Å². The Labute approximate surface area is 369 Å². The number of aromatic hydroxyl groups is 3. The lowest BCUT2D eigenvalue weighted by Crippen LogP contribution is -2.62. The second-order valence-electron chi connectivity index (χ2n) is 15.9. The predicted molar refractivity (Wildman–Crippen MR) is 207 cm³/mol. The third kappa shape index (κ3) is 9.61. The van der Waals surface area contributed by atoms with E-state index in [-0.39, 0.29) is 5.56 Å². The van der Waals surface area contributed by atoms with Crippen LogP contribution in [0.3, 0.4) is 0 Å². The third-order valence-electron chi connectivity index (χ3n) is 11.5. The highest BCUT2D eigenvalue weighted by molar-refractivity contribution is 5.88. The number of hydrogen-bond acceptors (Lipinski definition) is 27. The normalized spacial score (nSPS) is 39.7. The van der Waals surface area contributed by atoms with Crippen molar-refractivity contribution in [1.29, 1.82) is 0 Å². The Morgan fingerprint density at radius 3 is 1.38 bits per heavy atom. The van der Waals surface area contributed by atoms with Gasteiger partial charge in [0, 0.05) is 17.7 Å². The minimum atomic E-state index is -2.13. The molecule has 17 N–H and O–H groups in total. The van der Waals surface area contributed by atoms with Gasteiger partial charge in [0.1, 0.15) is 120 Å². The first-order chi connectivity index (χ1) is 31.2. The molecular weight excluding hydrogens is 900 g/mol. The van der Waals surface area contributed by atoms with Gasteiger partial charge in [-0.1, -0.05) is 0 Å². The van der Waals surface area contributed by atoms with Crippen LogP contribution in [-0.2, 0) is 28.4 Å². The zero-order valence-electron chi connectivity index (χ0n) is 33.9. The number of aliphatic hydroxyl groups excluding tert-OH is 14. The van der Waals surface area contributed by atoms with Crippen LogP contribution in [0.15, 0.2) is 39.5 Å². The van der Waals surface area contributed by atoms with Crippen LogP contribution < -0.4 is 14.9 Å². The quantitative estimate of drug-likeness (QED) is 0.0708. The van der Waals surface area contributed by atoms with Crippen LogP contribution in [0.1, 0.15) is 0 Å². The Hall–Kier alpha value is -4.15. The molecule has 27 nitrogen and oxygen atoms in total. The summed E-state index contributed by atoms with van der Waals surface area (Å²) in [5.74, 6) is -4.08. The average molecular weight is 951 g/mol. The molecule has 5 heterocycles. The number of aliphatic hydroxyl groups is 14. The highest BCUT2D eigenvalue weighted by Crippen LogP contribution is 2.40. The first kappa shape index (κ1) is 49.7. The fourth-order valence-electron chi connectivity index (χ4n) is 7.63. The van der Waals surface area contributed by atoms with E-state index in [2.05, 4.69) is 0 Å². The van der Waals surface area contributed by atoms with Crippen LogP contribution in [0.25, 0.3) is 22.3 Å². The van der Waals surface area contributed by atoms with Gasteiger partial charge in [-0.3, -0.25) is 4.79 Å². The zero-order chi connectivity index (χ0) is 48.0. The summed E-state index contributed by atoms with van der Waals surface area (Å²) >= 11 is 0. The van der Waals surface area contributed by atoms with Crippen molar-refractivity contribution in [3.63, 3.8) is 0 Å². The minimum Gasteiger partial charge on any atom is -0.507 e. The molecule has 4 fully saturated rings. The van der Waals surface area contributed by atoms with Crippen molar-refractivity contribution < 1.29 is 129 Å². The van der Waals surface area contributed by atoms with Crippen LogP contribution in [0.4, 0.5) is 0 Å². The number of ether oxygens (including phenoxy) is 8. The second-order valence-corrected chi connectivity index (χ2v) is 15.9. The number of hydrogen-bond donors (Lipinski definition) is 17. The Kier molecular flexibility index (Phi) is 15.2. The number of benzene rings is 2. The van der Waals surface area contributed by atoms with Crippen molar-refractivity contribution in [1.82, 2.24) is 0 Å². The first-order valence-electron chi connectivity index (χ1n) is 20.2. The molecule has 0 saturated carbocycles. The van der Waals surface area contributed by atoms with E-state index in [1.807, 2.05) is 0 Å². The molecule has 0 spiro atoms. The van der Waals surface area contributed by atoms with Crippen molar-refractivity contribution in [3.8, 4) is 40.1 Å². The molecule has 66 heavy (non-hydrogen) atoms. The van der Waals surface area contributed by atoms with Gasteiger partial charge in [0.15, 0.2) is 29.8 Å². The maximum absolute atomic E-state index is 14.3. The molecule has 7 rings (SSSR count). The van der Waals surface area contributed by atoms with E-state index < -0.39 is 200 Å². The molecule has 1 aromatic heterocycles. The van der Waals surface area contributed by atoms with E-state index in [0.29, 0.717) is 0 Å². The summed E-state index contributed by atoms with van der Waals surface area (Å²) in [6.45, 7) is -3.05. The SMILES string of the molecule is O=c1c(O[C@@H]2O[C@H](CO[C@@H]3O[C@H](CO)[C@@H](O)[C@H](O)[C@H]3O)[C@@H](O)[C@H](O)[C@H]2O)c(-c2ccc(O)c(O)c2)oc2cc(O[C@@H]3O[C@H](CO[C@@H]4O[C@H](CO)[C@@H](O)[C@H](O)[C@H]4O)[C@@H](O)[C@H](O)[C@H]3O)cc(O)c12. The van der Waals surface area contributed by atoms with Gasteiger partial charge in [0.25, 0.3) is 0 Å². The molecule has 20 atom stereocenters. The topological polar surface area (TPSA) is 448 Å². The Balaban J connectivity index is 1.15. The number of phenolic OH excluding ortho intramolecular Hbond substituents is 3. The van der Waals surface area contributed by atoms with Crippen LogP contribution in [0.2, 0.25) is 0 Å². The van der Waals surface area contributed by atoms with Crippen LogP contribution in [0.5, 0.6) is 28.7 Å². The van der Waals surface area contributed by atoms with Crippen molar-refractivity contribution >= 4 is 11.0 Å². The predicted octanol–water partition coefficient (Wildman–Crippen LogP) is -7.42. The van der Waals surface area contributed by atoms with Crippen LogP contribution >= 0.6 is 0 Å². The van der Waals surface area contributed by atoms with E-state index in [4.69, 9.17) is 42.3 Å². The summed E-state index contributed by atoms with van der Waals surface area (Å²) in [7, 11) is 0. The molecule has 4 aliphatic rings. The molecule has 0 bridgehead atoms. The number of fused-ring (bicyclic) bond motifs is 1. The summed E-state index contributed by atoms with van der Waals surface area (Å²) in [5.41, 5.74) is -1.89. The molecule has 0 radical (unpaired) electrons. The number of phenols is 3. The van der Waals surface area contributed by atoms with E-state index >= 15 is 0 Å². The summed E-state index contributed by atoms with van der Waals surface area (Å²) in [5, 5.41) is 176. The van der Waals surface area contributed by atoms with Gasteiger partial charge in [-0.15, -0.1) is 0 Å². The fraction of sp³-hybridized carbons (Fsp3) is 0.615. The molecular formula is C39H50O27. The molecule has 0 unspecified atom stereocenters. The summed E-state index contributed by atoms with van der Waals surface area (Å²) in [6.07, 6.45) is -36.1. The smallest absolute Gasteiger partial charge is 0.239 e. The summed E-state index contributed by atoms with van der Waals surface area (Å²) in [4.78, 5) is 14.3. The lowest BCUT2D eigenvalue weighted by Gasteiger charge is -2.42. The number of rotatable bonds is 13. The first-order valence-corrected chi connectivity index (χ1v) is 20.2. The van der Waals surface area contributed by atoms with E-state index in [0.717, 1.165) is 30.3 Å². The van der Waals surface area contributed by atoms with E-state index in [1.165, 1.54) is 0 Å². The van der Waals surface area contributed by atoms with Crippen LogP contribution in [-0.4, -0.2) is 236 Å². The van der Waals surface area contributed by atoms with Crippen molar-refractivity contribution in [2.75, 3.05) is 26.4 Å². The van der Waals surface area contributed by atoms with Gasteiger partial charge >= 0.3 is 0 Å². The summed E-state index contributed by atoms with van der Waals surface area (Å²) < 4.78 is 50.2. The van der Waals surface area contributed by atoms with Crippen molar-refractivity contribution in [2.45, 2.75) is 123 Å². The highest BCUT2D eigenvalue weighted by atomic mass is 16.7. The largest absolute Gasteiger partial charge is 0.507 e. The molecule has 4 saturated heterocycles. The van der Waals surface area contributed by atoms with Gasteiger partial charge in [0.2, 0.25) is 23.8 Å². The van der Waals surface area contributed by atoms with Crippen molar-refractivity contribution in [2.24, 2.45) is 0 Å². The molecule has 27 heteroatoms. The zero-order valence-corrected chi connectivity index (χ0v) is 33.9. The van der Waals surface area contributed by atoms with Crippen LogP contribution in [0, 0.1) is 0 Å². The average Bonchev–Trinajstić information content (AvgIpc) is 3.29. The monoisotopic (exact) mass is 950 g/mol. The lowest BCUT2D eigenvalue weighted by atomic mass is 9.98. The Morgan fingerprint density at radius 2 is 0.909 bits per heavy atom. The maximum Gasteiger partial charge on any atom is 0.239 e. The second kappa shape index (κ2) is 20.2. The fourth-order valence-corrected chi connectivity index (χ4v) is 7.63. The molecule has 0 amide bonds. The highest BCUT2D eigenvalue weighted by Gasteiger charge is 2.50. The summed E-state index contributed by atoms with van der Waals surface area (Å²) in [6, 6.07) is 4.89. The minimum absolute atomic E-state index is 0.191. The van der Waals surface area contributed by atoms with Crippen molar-refractivity contribution in [3.05, 3.63) is 40.6 Å². The standard InChI is InChI=1S/C39H50O27/c40-6-16-21(45)26(50)30(54)36(62-16)58-8-18-23(47)28(52)32(56)38(64-18)60-11-4-14(44)20-15(5-11)61-34(10-1-2-12(42)13(43)3-10)35(25(20)49)66-39-33(57)29(53)24(48)19(65-39)9-59-37-31(55)27(51)22(46)17(7-41)63-37/h1-5,16-19,21-24,26-33,36-48,50-57H,6-9H2/t16-,17-,18-,19-,21-,22-,23-,24-,26+,27+,28+,29+,30-,31-,32-,33-,36-,37-,38-,39+/m1/s1. The van der Waals surface area contributed by atoms with E-state index in [9.17, 15) is 91.6 Å². The third-order valence-corrected chi connectivity index (χ3v) is 11.5. The molecule has 0 aliphatic carbocycles. The molecule has 3 aromatic rings. The Bertz CT molecular complexity index is 2190. The lowest BCUT2D eigenvalue weighted by molar-refractivity contribution is -0.323. The Morgan fingerprint density at radius 1 is 0.470 bits per heavy atom. The van der Waals surface area contributed by atoms with Gasteiger partial charge < -0.3 is 129 Å². The molecule has 368 valence electrons. The molecule has 2 aromatic carbocycles. The van der Waals surface area contributed by atoms with Gasteiger partial charge in [-0.05, 0) is 18.2 Å². The van der Waals surface area contributed by atoms with Gasteiger partial charge in [-0.25, -0.2) is 0 Å². The van der Waals surface area contributed by atoms with Gasteiger partial charge in [0.05, 0.1) is 26.4 Å². The molecule has 4 aliphatic heterocycles. The van der Waals surface area contributed by atoms with E-state index in [1.54, 1.807) is 0 Å².